The first kappa shape index (κ1) is 22.8. The number of carbonyl (C=O) groups is 2. The Bertz CT molecular complexity index is 1190. The molecule has 8 heteroatoms. The van der Waals surface area contributed by atoms with E-state index in [-0.39, 0.29) is 35.2 Å². The summed E-state index contributed by atoms with van der Waals surface area (Å²) in [6.07, 6.45) is 0. The fraction of sp³-hybridized carbons (Fsp3) is 0.391. The lowest BCUT2D eigenvalue weighted by Crippen LogP contribution is -2.26. The fourth-order valence-electron chi connectivity index (χ4n) is 3.57. The van der Waals surface area contributed by atoms with E-state index in [4.69, 9.17) is 4.74 Å². The number of hydrogen-bond acceptors (Lipinski definition) is 6. The van der Waals surface area contributed by atoms with Crippen LogP contribution in [0.25, 0.3) is 10.9 Å². The summed E-state index contributed by atoms with van der Waals surface area (Å²) in [6.45, 7) is 10.0. The Morgan fingerprint density at radius 1 is 1.16 bits per heavy atom. The number of ketones is 1. The highest BCUT2D eigenvalue weighted by Gasteiger charge is 2.26. The van der Waals surface area contributed by atoms with E-state index in [1.807, 2.05) is 26.0 Å². The number of Topliss-reactive ketones (excluding diaryl/α,β-unsaturated/α-hetero) is 1. The molecule has 0 aliphatic heterocycles. The number of aryl methyl sites for hydroxylation is 2. The Balaban J connectivity index is 1.95. The molecule has 0 unspecified atom stereocenters. The van der Waals surface area contributed by atoms with E-state index in [1.165, 1.54) is 11.8 Å². The summed E-state index contributed by atoms with van der Waals surface area (Å²) < 4.78 is 6.76. The molecule has 3 rings (SSSR count). The maximum Gasteiger partial charge on any atom is 0.340 e. The number of aromatic amines is 1. The standard InChI is InChI=1S/C23H27N3O4S/c1-6-30-22(29)20-15(5)24-14(4)19(20)18(27)12-31-23-25-17-10-8-7-9-16(17)21(28)26(23)11-13(2)3/h7-10,13,24H,6,11-12H2,1-5H3. The Labute approximate surface area is 185 Å². The highest BCUT2D eigenvalue weighted by molar-refractivity contribution is 7.99. The number of rotatable bonds is 8. The number of aromatic nitrogens is 3. The smallest absolute Gasteiger partial charge is 0.340 e. The van der Waals surface area contributed by atoms with Crippen molar-refractivity contribution in [3.05, 3.63) is 57.1 Å². The molecule has 0 aliphatic carbocycles. The summed E-state index contributed by atoms with van der Waals surface area (Å²) in [4.78, 5) is 46.2. The number of H-pyrrole nitrogens is 1. The minimum absolute atomic E-state index is 0.0490. The van der Waals surface area contributed by atoms with Crippen LogP contribution < -0.4 is 5.56 Å². The number of thioether (sulfide) groups is 1. The first-order chi connectivity index (χ1) is 14.7. The molecule has 2 heterocycles. The number of nitrogens with zero attached hydrogens (tertiary/aromatic N) is 2. The van der Waals surface area contributed by atoms with Gasteiger partial charge in [-0.25, -0.2) is 9.78 Å². The molecule has 0 bridgehead atoms. The Kier molecular flexibility index (Phi) is 7.00. The van der Waals surface area contributed by atoms with Crippen LogP contribution in [-0.2, 0) is 11.3 Å². The van der Waals surface area contributed by atoms with Crippen molar-refractivity contribution < 1.29 is 14.3 Å². The second-order valence-corrected chi connectivity index (χ2v) is 8.72. The molecule has 0 saturated heterocycles. The highest BCUT2D eigenvalue weighted by Crippen LogP contribution is 2.25. The van der Waals surface area contributed by atoms with E-state index in [0.29, 0.717) is 39.6 Å². The summed E-state index contributed by atoms with van der Waals surface area (Å²) in [6, 6.07) is 7.20. The van der Waals surface area contributed by atoms with E-state index in [9.17, 15) is 14.4 Å². The van der Waals surface area contributed by atoms with Crippen LogP contribution >= 0.6 is 11.8 Å². The lowest BCUT2D eigenvalue weighted by Gasteiger charge is -2.15. The summed E-state index contributed by atoms with van der Waals surface area (Å²) in [5, 5.41) is 1.05. The normalized spacial score (nSPS) is 11.3. The van der Waals surface area contributed by atoms with Crippen molar-refractivity contribution in [2.75, 3.05) is 12.4 Å². The van der Waals surface area contributed by atoms with Crippen LogP contribution in [0.4, 0.5) is 0 Å². The van der Waals surface area contributed by atoms with Crippen molar-refractivity contribution in [3.63, 3.8) is 0 Å². The average Bonchev–Trinajstić information content (AvgIpc) is 3.02. The van der Waals surface area contributed by atoms with E-state index >= 15 is 0 Å². The molecule has 0 saturated carbocycles. The number of carbonyl (C=O) groups excluding carboxylic acids is 2. The van der Waals surface area contributed by atoms with Gasteiger partial charge in [0, 0.05) is 17.9 Å². The van der Waals surface area contributed by atoms with Crippen molar-refractivity contribution in [3.8, 4) is 0 Å². The molecule has 0 radical (unpaired) electrons. The molecule has 0 amide bonds. The third kappa shape index (κ3) is 4.74. The van der Waals surface area contributed by atoms with Gasteiger partial charge in [0.1, 0.15) is 0 Å². The molecule has 0 atom stereocenters. The average molecular weight is 442 g/mol. The number of hydrogen-bond donors (Lipinski definition) is 1. The van der Waals surface area contributed by atoms with E-state index in [0.717, 1.165) is 0 Å². The second kappa shape index (κ2) is 9.51. The molecule has 0 fully saturated rings. The zero-order valence-electron chi connectivity index (χ0n) is 18.4. The number of nitrogens with one attached hydrogen (secondary N) is 1. The van der Waals surface area contributed by atoms with Crippen molar-refractivity contribution >= 4 is 34.4 Å². The van der Waals surface area contributed by atoms with Gasteiger partial charge in [-0.2, -0.15) is 0 Å². The quantitative estimate of drug-likeness (QED) is 0.244. The monoisotopic (exact) mass is 441 g/mol. The zero-order chi connectivity index (χ0) is 22.7. The van der Waals surface area contributed by atoms with Gasteiger partial charge in [0.15, 0.2) is 10.9 Å². The van der Waals surface area contributed by atoms with Gasteiger partial charge in [-0.15, -0.1) is 0 Å². The number of benzene rings is 1. The van der Waals surface area contributed by atoms with Crippen LogP contribution in [0, 0.1) is 19.8 Å². The predicted molar refractivity (Wildman–Crippen MR) is 122 cm³/mol. The predicted octanol–water partition coefficient (Wildman–Crippen LogP) is 4.15. The SMILES string of the molecule is CCOC(=O)c1c(C)[nH]c(C)c1C(=O)CSc1nc2ccccc2c(=O)n1CC(C)C. The molecule has 164 valence electrons. The molecule has 1 aromatic carbocycles. The molecule has 31 heavy (non-hydrogen) atoms. The Hall–Kier alpha value is -2.87. The maximum absolute atomic E-state index is 13.1. The van der Waals surface area contributed by atoms with E-state index in [1.54, 1.807) is 37.5 Å². The third-order valence-corrected chi connectivity index (χ3v) is 5.82. The van der Waals surface area contributed by atoms with Crippen molar-refractivity contribution in [2.24, 2.45) is 5.92 Å². The first-order valence-corrected chi connectivity index (χ1v) is 11.2. The number of fused-ring (bicyclic) bond motifs is 1. The molecular weight excluding hydrogens is 414 g/mol. The van der Waals surface area contributed by atoms with Crippen LogP contribution in [0.2, 0.25) is 0 Å². The molecule has 3 aromatic rings. The molecule has 0 spiro atoms. The first-order valence-electron chi connectivity index (χ1n) is 10.3. The zero-order valence-corrected chi connectivity index (χ0v) is 19.3. The molecule has 7 nitrogen and oxygen atoms in total. The largest absolute Gasteiger partial charge is 0.462 e. The van der Waals surface area contributed by atoms with Gasteiger partial charge >= 0.3 is 5.97 Å². The van der Waals surface area contributed by atoms with Crippen molar-refractivity contribution in [2.45, 2.75) is 46.3 Å². The fourth-order valence-corrected chi connectivity index (χ4v) is 4.46. The summed E-state index contributed by atoms with van der Waals surface area (Å²) in [7, 11) is 0. The van der Waals surface area contributed by atoms with E-state index < -0.39 is 5.97 Å². The van der Waals surface area contributed by atoms with Gasteiger partial charge in [-0.05, 0) is 38.8 Å². The van der Waals surface area contributed by atoms with Crippen molar-refractivity contribution in [1.82, 2.24) is 14.5 Å². The molecule has 0 aliphatic rings. The van der Waals surface area contributed by atoms with Crippen LogP contribution in [0.5, 0.6) is 0 Å². The topological polar surface area (TPSA) is 94.1 Å². The number of ether oxygens (including phenoxy) is 1. The summed E-state index contributed by atoms with van der Waals surface area (Å²) >= 11 is 1.21. The third-order valence-electron chi connectivity index (χ3n) is 4.84. The number of esters is 1. The lowest BCUT2D eigenvalue weighted by molar-refractivity contribution is 0.0522. The Morgan fingerprint density at radius 3 is 2.52 bits per heavy atom. The van der Waals surface area contributed by atoms with Gasteiger partial charge in [-0.3, -0.25) is 14.2 Å². The molecular formula is C23H27N3O4S. The molecule has 2 aromatic heterocycles. The molecule has 1 N–H and O–H groups in total. The van der Waals surface area contributed by atoms with Gasteiger partial charge in [0.2, 0.25) is 0 Å². The van der Waals surface area contributed by atoms with Crippen LogP contribution in [0.15, 0.2) is 34.2 Å². The van der Waals surface area contributed by atoms with E-state index in [2.05, 4.69) is 9.97 Å². The van der Waals surface area contributed by atoms with Crippen LogP contribution in [0.1, 0.15) is 52.9 Å². The van der Waals surface area contributed by atoms with Crippen LogP contribution in [0.3, 0.4) is 0 Å². The Morgan fingerprint density at radius 2 is 1.84 bits per heavy atom. The highest BCUT2D eigenvalue weighted by atomic mass is 32.2. The van der Waals surface area contributed by atoms with Crippen molar-refractivity contribution in [1.29, 1.82) is 0 Å². The minimum atomic E-state index is -0.516. The summed E-state index contributed by atoms with van der Waals surface area (Å²) in [5.74, 6) is -0.444. The van der Waals surface area contributed by atoms with Gasteiger partial charge in [-0.1, -0.05) is 37.7 Å². The maximum atomic E-state index is 13.1. The number of para-hydroxylation sites is 1. The van der Waals surface area contributed by atoms with Gasteiger partial charge < -0.3 is 9.72 Å². The van der Waals surface area contributed by atoms with Gasteiger partial charge in [0.25, 0.3) is 5.56 Å². The van der Waals surface area contributed by atoms with Gasteiger partial charge in [0.05, 0.1) is 34.4 Å². The van der Waals surface area contributed by atoms with Crippen LogP contribution in [-0.4, -0.2) is 38.6 Å². The minimum Gasteiger partial charge on any atom is -0.462 e. The lowest BCUT2D eigenvalue weighted by atomic mass is 10.1. The summed E-state index contributed by atoms with van der Waals surface area (Å²) in [5.41, 5.74) is 2.32. The second-order valence-electron chi connectivity index (χ2n) is 7.78.